The summed E-state index contributed by atoms with van der Waals surface area (Å²) in [5.41, 5.74) is 7.16. The van der Waals surface area contributed by atoms with Crippen molar-refractivity contribution in [2.75, 3.05) is 0 Å². The molecule has 5 heteroatoms. The van der Waals surface area contributed by atoms with Crippen LogP contribution in [-0.2, 0) is 22.2 Å². The van der Waals surface area contributed by atoms with Crippen molar-refractivity contribution in [1.29, 1.82) is 0 Å². The summed E-state index contributed by atoms with van der Waals surface area (Å²) in [6, 6.07) is 9.16. The zero-order chi connectivity index (χ0) is 26.5. The fourth-order valence-electron chi connectivity index (χ4n) is 6.21. The van der Waals surface area contributed by atoms with E-state index >= 15 is 0 Å². The van der Waals surface area contributed by atoms with Crippen LogP contribution in [0, 0.1) is 18.8 Å². The molecule has 3 aliphatic carbocycles. The number of carboxylic acids is 1. The van der Waals surface area contributed by atoms with Crippen LogP contribution in [0.1, 0.15) is 113 Å². The molecule has 0 saturated heterocycles. The predicted molar refractivity (Wildman–Crippen MR) is 148 cm³/mol. The Bertz CT molecular complexity index is 1160. The van der Waals surface area contributed by atoms with Gasteiger partial charge in [-0.2, -0.15) is 0 Å². The number of amides is 1. The minimum absolute atomic E-state index is 0.0386. The average molecular weight is 505 g/mol. The van der Waals surface area contributed by atoms with Crippen molar-refractivity contribution in [3.63, 3.8) is 0 Å². The summed E-state index contributed by atoms with van der Waals surface area (Å²) in [6.07, 6.45) is 9.92. The third kappa shape index (κ3) is 5.37. The van der Waals surface area contributed by atoms with Crippen LogP contribution in [0.25, 0.3) is 11.3 Å². The maximum atomic E-state index is 13.4. The largest absolute Gasteiger partial charge is 0.481 e. The summed E-state index contributed by atoms with van der Waals surface area (Å²) < 4.78 is 2.41. The lowest BCUT2D eigenvalue weighted by atomic mass is 9.80. The van der Waals surface area contributed by atoms with E-state index in [9.17, 15) is 14.7 Å². The van der Waals surface area contributed by atoms with Crippen molar-refractivity contribution in [2.45, 2.75) is 116 Å². The zero-order valence-electron chi connectivity index (χ0n) is 23.3. The molecule has 0 aliphatic heterocycles. The molecular formula is C32H44N2O3. The molecule has 0 bridgehead atoms. The number of rotatable bonds is 7. The second-order valence-corrected chi connectivity index (χ2v) is 13.4. The second-order valence-electron chi connectivity index (χ2n) is 13.4. The van der Waals surface area contributed by atoms with Crippen LogP contribution in [0.5, 0.6) is 0 Å². The van der Waals surface area contributed by atoms with Gasteiger partial charge in [-0.05, 0) is 97.1 Å². The Balaban J connectivity index is 1.52. The molecule has 0 radical (unpaired) electrons. The Morgan fingerprint density at radius 1 is 1.05 bits per heavy atom. The van der Waals surface area contributed by atoms with Gasteiger partial charge in [-0.25, -0.2) is 0 Å². The smallest absolute Gasteiger partial charge is 0.306 e. The molecule has 5 nitrogen and oxygen atoms in total. The number of hydrogen-bond donors (Lipinski definition) is 2. The Kier molecular flexibility index (Phi) is 6.79. The third-order valence-corrected chi connectivity index (χ3v) is 9.39. The minimum atomic E-state index is -0.763. The van der Waals surface area contributed by atoms with E-state index in [4.69, 9.17) is 0 Å². The fourth-order valence-corrected chi connectivity index (χ4v) is 6.21. The van der Waals surface area contributed by atoms with Crippen LogP contribution >= 0.6 is 0 Å². The number of nitrogens with one attached hydrogen (secondary N) is 1. The van der Waals surface area contributed by atoms with Gasteiger partial charge < -0.3 is 15.0 Å². The number of hydrogen-bond acceptors (Lipinski definition) is 2. The average Bonchev–Trinajstić information content (AvgIpc) is 3.50. The van der Waals surface area contributed by atoms with Crippen LogP contribution in [0.4, 0.5) is 0 Å². The summed E-state index contributed by atoms with van der Waals surface area (Å²) in [5, 5.41) is 12.3. The summed E-state index contributed by atoms with van der Waals surface area (Å²) in [5.74, 6) is -0.526. The van der Waals surface area contributed by atoms with Gasteiger partial charge in [-0.1, -0.05) is 53.0 Å². The van der Waals surface area contributed by atoms with Crippen molar-refractivity contribution in [3.05, 3.63) is 46.6 Å². The highest BCUT2D eigenvalue weighted by Gasteiger charge is 2.40. The first-order chi connectivity index (χ1) is 17.4. The molecule has 200 valence electrons. The molecule has 5 rings (SSSR count). The van der Waals surface area contributed by atoms with Crippen molar-refractivity contribution in [1.82, 2.24) is 9.88 Å². The van der Waals surface area contributed by atoms with Gasteiger partial charge in [0.1, 0.15) is 0 Å². The highest BCUT2D eigenvalue weighted by molar-refractivity contribution is 5.97. The van der Waals surface area contributed by atoms with Crippen molar-refractivity contribution >= 4 is 11.9 Å². The van der Waals surface area contributed by atoms with E-state index in [1.807, 2.05) is 0 Å². The van der Waals surface area contributed by atoms with Crippen molar-refractivity contribution in [2.24, 2.45) is 11.8 Å². The van der Waals surface area contributed by atoms with E-state index in [1.54, 1.807) is 0 Å². The normalized spacial score (nSPS) is 23.4. The van der Waals surface area contributed by atoms with Crippen LogP contribution in [-0.4, -0.2) is 27.6 Å². The highest BCUT2D eigenvalue weighted by atomic mass is 16.4. The van der Waals surface area contributed by atoms with Crippen LogP contribution < -0.4 is 5.32 Å². The maximum absolute atomic E-state index is 13.4. The lowest BCUT2D eigenvalue weighted by Crippen LogP contribution is -2.46. The van der Waals surface area contributed by atoms with Gasteiger partial charge >= 0.3 is 5.97 Å². The van der Waals surface area contributed by atoms with Crippen LogP contribution in [0.15, 0.2) is 24.3 Å². The molecule has 37 heavy (non-hydrogen) atoms. The Morgan fingerprint density at radius 3 is 2.32 bits per heavy atom. The molecule has 3 saturated carbocycles. The number of carboxylic acid groups (broad SMARTS) is 1. The lowest BCUT2D eigenvalue weighted by Gasteiger charge is -2.32. The third-order valence-electron chi connectivity index (χ3n) is 9.39. The zero-order valence-corrected chi connectivity index (χ0v) is 23.3. The second kappa shape index (κ2) is 9.63. The van der Waals surface area contributed by atoms with E-state index in [1.165, 1.54) is 61.6 Å². The Morgan fingerprint density at radius 2 is 1.73 bits per heavy atom. The molecule has 2 aromatic rings. The molecule has 1 amide bonds. The van der Waals surface area contributed by atoms with Gasteiger partial charge in [0.05, 0.1) is 11.5 Å². The highest BCUT2D eigenvalue weighted by Crippen LogP contribution is 2.49. The van der Waals surface area contributed by atoms with E-state index in [-0.39, 0.29) is 28.7 Å². The Labute approximate surface area is 222 Å². The molecule has 1 heterocycles. The standard InChI is InChI=1S/C32H44N2O3/c1-20-27(29(35)33-26-15-23(16-26)30(36)37)18-28(34(20)19-21-9-7-6-8-10-21)22-13-24(31(2,3)4)17-25(14-22)32(5)11-12-32/h13-14,17-18,21,23,26H,6-12,15-16,19H2,1-5H3,(H,33,35)(H,36,37). The molecule has 3 aliphatic rings. The molecule has 2 N–H and O–H groups in total. The monoisotopic (exact) mass is 504 g/mol. The topological polar surface area (TPSA) is 71.3 Å². The minimum Gasteiger partial charge on any atom is -0.481 e. The number of carbonyl (C=O) groups excluding carboxylic acids is 1. The molecule has 0 unspecified atom stereocenters. The molecule has 1 aromatic carbocycles. The number of aromatic nitrogens is 1. The molecule has 0 atom stereocenters. The van der Waals surface area contributed by atoms with Gasteiger partial charge in [0.15, 0.2) is 0 Å². The van der Waals surface area contributed by atoms with Crippen molar-refractivity contribution < 1.29 is 14.7 Å². The first-order valence-corrected chi connectivity index (χ1v) is 14.3. The summed E-state index contributed by atoms with van der Waals surface area (Å²) in [4.78, 5) is 24.6. The maximum Gasteiger partial charge on any atom is 0.306 e. The van der Waals surface area contributed by atoms with E-state index in [2.05, 4.69) is 68.8 Å². The molecule has 3 fully saturated rings. The van der Waals surface area contributed by atoms with Crippen molar-refractivity contribution in [3.8, 4) is 11.3 Å². The number of nitrogens with zero attached hydrogens (tertiary/aromatic N) is 1. The summed E-state index contributed by atoms with van der Waals surface area (Å²) in [6.45, 7) is 12.2. The fraction of sp³-hybridized carbons (Fsp3) is 0.625. The van der Waals surface area contributed by atoms with E-state index < -0.39 is 5.97 Å². The van der Waals surface area contributed by atoms with Gasteiger partial charge in [-0.3, -0.25) is 9.59 Å². The van der Waals surface area contributed by atoms with E-state index in [0.29, 0.717) is 18.8 Å². The number of benzene rings is 1. The molecule has 0 spiro atoms. The quantitative estimate of drug-likeness (QED) is 0.427. The lowest BCUT2D eigenvalue weighted by molar-refractivity contribution is -0.145. The Hall–Kier alpha value is -2.56. The van der Waals surface area contributed by atoms with Gasteiger partial charge in [-0.15, -0.1) is 0 Å². The molecular weight excluding hydrogens is 460 g/mol. The van der Waals surface area contributed by atoms with Crippen LogP contribution in [0.2, 0.25) is 0 Å². The summed E-state index contributed by atoms with van der Waals surface area (Å²) in [7, 11) is 0. The van der Waals surface area contributed by atoms with E-state index in [0.717, 1.165) is 23.5 Å². The molecule has 1 aromatic heterocycles. The number of aliphatic carboxylic acids is 1. The van der Waals surface area contributed by atoms with Gasteiger partial charge in [0, 0.05) is 24.0 Å². The predicted octanol–water partition coefficient (Wildman–Crippen LogP) is 6.99. The summed E-state index contributed by atoms with van der Waals surface area (Å²) >= 11 is 0. The van der Waals surface area contributed by atoms with Gasteiger partial charge in [0.2, 0.25) is 0 Å². The van der Waals surface area contributed by atoms with Crippen LogP contribution in [0.3, 0.4) is 0 Å². The van der Waals surface area contributed by atoms with Gasteiger partial charge in [0.25, 0.3) is 5.91 Å². The SMILES string of the molecule is Cc1c(C(=O)NC2CC(C(=O)O)C2)cc(-c2cc(C(C)(C)C)cc(C3(C)CC3)c2)n1CC1CCCCC1. The first kappa shape index (κ1) is 26.1. The number of carbonyl (C=O) groups is 2. The first-order valence-electron chi connectivity index (χ1n) is 14.3.